The largest absolute Gasteiger partial charge is 0.345 e. The lowest BCUT2D eigenvalue weighted by molar-refractivity contribution is 0.0940. The Kier molecular flexibility index (Phi) is 5.34. The highest BCUT2D eigenvalue weighted by molar-refractivity contribution is 6.00. The van der Waals surface area contributed by atoms with E-state index in [0.717, 1.165) is 17.8 Å². The zero-order valence-electron chi connectivity index (χ0n) is 16.1. The highest BCUT2D eigenvalue weighted by atomic mass is 19.2. The first-order chi connectivity index (χ1) is 14.5. The van der Waals surface area contributed by atoms with Gasteiger partial charge in [0.2, 0.25) is 0 Å². The number of hydrogen-bond donors (Lipinski definition) is 1. The van der Waals surface area contributed by atoms with Gasteiger partial charge in [0.25, 0.3) is 5.91 Å². The molecule has 4 aromatic rings. The Bertz CT molecular complexity index is 1180. The quantitative estimate of drug-likeness (QED) is 0.524. The number of para-hydroxylation sites is 1. The molecule has 2 aromatic carbocycles. The molecule has 30 heavy (non-hydrogen) atoms. The Morgan fingerprint density at radius 2 is 1.83 bits per heavy atom. The van der Waals surface area contributed by atoms with Gasteiger partial charge in [-0.3, -0.25) is 9.78 Å². The number of benzene rings is 2. The third-order valence-electron chi connectivity index (χ3n) is 4.71. The number of pyridine rings is 1. The van der Waals surface area contributed by atoms with E-state index >= 15 is 0 Å². The van der Waals surface area contributed by atoms with Crippen LogP contribution in [-0.4, -0.2) is 20.7 Å². The lowest BCUT2D eigenvalue weighted by atomic mass is 10.1. The second-order valence-electron chi connectivity index (χ2n) is 6.78. The first kappa shape index (κ1) is 19.4. The Morgan fingerprint density at radius 1 is 1.03 bits per heavy atom. The van der Waals surface area contributed by atoms with Crippen LogP contribution in [0.1, 0.15) is 28.9 Å². The maximum atomic E-state index is 13.6. The van der Waals surface area contributed by atoms with Crippen molar-refractivity contribution < 1.29 is 13.6 Å². The molecule has 0 radical (unpaired) electrons. The lowest BCUT2D eigenvalue weighted by Gasteiger charge is -2.14. The van der Waals surface area contributed by atoms with Crippen LogP contribution in [-0.2, 0) is 0 Å². The van der Waals surface area contributed by atoms with E-state index < -0.39 is 17.7 Å². The molecular weight excluding hydrogens is 386 g/mol. The summed E-state index contributed by atoms with van der Waals surface area (Å²) in [6.45, 7) is 1.70. The van der Waals surface area contributed by atoms with Crippen LogP contribution < -0.4 is 5.32 Å². The number of rotatable bonds is 5. The van der Waals surface area contributed by atoms with E-state index in [-0.39, 0.29) is 5.91 Å². The standard InChI is InChI=1S/C23H18F2N4O/c1-15(16-9-10-20(24)21(25)12-16)27-23(30)19-14-29(18-7-3-2-4-8-18)28-22(19)17-6-5-11-26-13-17/h2-15H,1H3,(H,27,30)/t15-/m0/s1. The summed E-state index contributed by atoms with van der Waals surface area (Å²) in [7, 11) is 0. The summed E-state index contributed by atoms with van der Waals surface area (Å²) >= 11 is 0. The van der Waals surface area contributed by atoms with E-state index in [0.29, 0.717) is 22.4 Å². The minimum atomic E-state index is -0.957. The van der Waals surface area contributed by atoms with Crippen molar-refractivity contribution in [2.45, 2.75) is 13.0 Å². The predicted octanol–water partition coefficient (Wildman–Crippen LogP) is 4.70. The first-order valence-electron chi connectivity index (χ1n) is 9.34. The van der Waals surface area contributed by atoms with Gasteiger partial charge in [-0.05, 0) is 48.9 Å². The normalized spacial score (nSPS) is 11.8. The molecule has 0 unspecified atom stereocenters. The molecule has 0 spiro atoms. The van der Waals surface area contributed by atoms with Crippen LogP contribution in [0, 0.1) is 11.6 Å². The summed E-state index contributed by atoms with van der Waals surface area (Å²) < 4.78 is 28.4. The number of hydrogen-bond acceptors (Lipinski definition) is 3. The van der Waals surface area contributed by atoms with Crippen molar-refractivity contribution in [2.24, 2.45) is 0 Å². The minimum Gasteiger partial charge on any atom is -0.345 e. The van der Waals surface area contributed by atoms with Crippen LogP contribution in [0.2, 0.25) is 0 Å². The molecule has 0 aliphatic rings. The number of amides is 1. The van der Waals surface area contributed by atoms with Crippen molar-refractivity contribution in [3.63, 3.8) is 0 Å². The van der Waals surface area contributed by atoms with Crippen LogP contribution in [0.15, 0.2) is 79.3 Å². The van der Waals surface area contributed by atoms with Crippen LogP contribution in [0.4, 0.5) is 8.78 Å². The van der Waals surface area contributed by atoms with Crippen LogP contribution in [0.5, 0.6) is 0 Å². The molecule has 1 atom stereocenters. The number of aromatic nitrogens is 3. The molecule has 7 heteroatoms. The van der Waals surface area contributed by atoms with E-state index in [9.17, 15) is 13.6 Å². The molecular formula is C23H18F2N4O. The van der Waals surface area contributed by atoms with Gasteiger partial charge < -0.3 is 5.32 Å². The minimum absolute atomic E-state index is 0.348. The topological polar surface area (TPSA) is 59.8 Å². The Morgan fingerprint density at radius 3 is 2.53 bits per heavy atom. The van der Waals surface area contributed by atoms with Crippen molar-refractivity contribution in [2.75, 3.05) is 0 Å². The summed E-state index contributed by atoms with van der Waals surface area (Å²) in [5, 5.41) is 7.42. The Labute approximate surface area is 172 Å². The summed E-state index contributed by atoms with van der Waals surface area (Å²) in [6.07, 6.45) is 4.92. The Hall–Kier alpha value is -3.87. The molecule has 0 aliphatic heterocycles. The summed E-state index contributed by atoms with van der Waals surface area (Å²) in [4.78, 5) is 17.2. The molecule has 0 fully saturated rings. The van der Waals surface area contributed by atoms with Crippen molar-refractivity contribution in [3.05, 3.63) is 102 Å². The van der Waals surface area contributed by atoms with Gasteiger partial charge in [-0.1, -0.05) is 24.3 Å². The molecule has 5 nitrogen and oxygen atoms in total. The molecule has 4 rings (SSSR count). The zero-order chi connectivity index (χ0) is 21.1. The summed E-state index contributed by atoms with van der Waals surface area (Å²) in [5.41, 5.74) is 2.78. The Balaban J connectivity index is 1.68. The average molecular weight is 404 g/mol. The smallest absolute Gasteiger partial charge is 0.255 e. The first-order valence-corrected chi connectivity index (χ1v) is 9.34. The molecule has 150 valence electrons. The number of carbonyl (C=O) groups excluding carboxylic acids is 1. The highest BCUT2D eigenvalue weighted by Gasteiger charge is 2.21. The number of carbonyl (C=O) groups is 1. The van der Waals surface area contributed by atoms with Crippen molar-refractivity contribution >= 4 is 5.91 Å². The van der Waals surface area contributed by atoms with Gasteiger partial charge in [-0.2, -0.15) is 5.10 Å². The second kappa shape index (κ2) is 8.24. The fraction of sp³-hybridized carbons (Fsp3) is 0.0870. The van der Waals surface area contributed by atoms with Gasteiger partial charge in [-0.25, -0.2) is 13.5 Å². The van der Waals surface area contributed by atoms with Crippen LogP contribution in [0.25, 0.3) is 16.9 Å². The molecule has 0 saturated carbocycles. The van der Waals surface area contributed by atoms with Crippen molar-refractivity contribution in [1.29, 1.82) is 0 Å². The maximum absolute atomic E-state index is 13.6. The lowest BCUT2D eigenvalue weighted by Crippen LogP contribution is -2.27. The second-order valence-corrected chi connectivity index (χ2v) is 6.78. The third kappa shape index (κ3) is 3.96. The number of halogens is 2. The number of nitrogens with one attached hydrogen (secondary N) is 1. The van der Waals surface area contributed by atoms with Gasteiger partial charge in [0, 0.05) is 24.2 Å². The SMILES string of the molecule is C[C@H](NC(=O)c1cn(-c2ccccc2)nc1-c1cccnc1)c1ccc(F)c(F)c1. The van der Waals surface area contributed by atoms with Gasteiger partial charge in [-0.15, -0.1) is 0 Å². The third-order valence-corrected chi connectivity index (χ3v) is 4.71. The molecule has 0 saturated heterocycles. The van der Waals surface area contributed by atoms with Gasteiger partial charge in [0.05, 0.1) is 17.3 Å². The van der Waals surface area contributed by atoms with E-state index in [1.807, 2.05) is 36.4 Å². The van der Waals surface area contributed by atoms with Crippen LogP contribution >= 0.6 is 0 Å². The van der Waals surface area contributed by atoms with Gasteiger partial charge >= 0.3 is 0 Å². The molecule has 1 N–H and O–H groups in total. The van der Waals surface area contributed by atoms with E-state index in [2.05, 4.69) is 15.4 Å². The molecule has 2 aromatic heterocycles. The predicted molar refractivity (Wildman–Crippen MR) is 109 cm³/mol. The fourth-order valence-corrected chi connectivity index (χ4v) is 3.11. The molecule has 0 aliphatic carbocycles. The molecule has 1 amide bonds. The monoisotopic (exact) mass is 404 g/mol. The van der Waals surface area contributed by atoms with Gasteiger partial charge in [0.1, 0.15) is 5.69 Å². The molecule has 0 bridgehead atoms. The highest BCUT2D eigenvalue weighted by Crippen LogP contribution is 2.24. The van der Waals surface area contributed by atoms with E-state index in [4.69, 9.17) is 0 Å². The van der Waals surface area contributed by atoms with E-state index in [1.165, 1.54) is 6.07 Å². The molecule has 2 heterocycles. The summed E-state index contributed by atoms with van der Waals surface area (Å²) in [5.74, 6) is -2.27. The van der Waals surface area contributed by atoms with Crippen molar-refractivity contribution in [3.8, 4) is 16.9 Å². The average Bonchev–Trinajstić information content (AvgIpc) is 3.22. The summed E-state index contributed by atoms with van der Waals surface area (Å²) in [6, 6.07) is 16.0. The van der Waals surface area contributed by atoms with Crippen LogP contribution in [0.3, 0.4) is 0 Å². The van der Waals surface area contributed by atoms with Gasteiger partial charge in [0.15, 0.2) is 11.6 Å². The van der Waals surface area contributed by atoms with E-state index in [1.54, 1.807) is 36.3 Å². The number of nitrogens with zero attached hydrogens (tertiary/aromatic N) is 3. The van der Waals surface area contributed by atoms with Crippen molar-refractivity contribution in [1.82, 2.24) is 20.1 Å². The fourth-order valence-electron chi connectivity index (χ4n) is 3.11. The maximum Gasteiger partial charge on any atom is 0.255 e. The zero-order valence-corrected chi connectivity index (χ0v) is 16.1.